The molecule has 0 aromatic heterocycles. The van der Waals surface area contributed by atoms with Crippen LogP contribution in [0, 0.1) is 5.92 Å². The van der Waals surface area contributed by atoms with E-state index in [1.165, 1.54) is 10.2 Å². The zero-order valence-electron chi connectivity index (χ0n) is 8.99. The van der Waals surface area contributed by atoms with Crippen LogP contribution in [0.25, 0.3) is 0 Å². The molecule has 1 saturated heterocycles. The van der Waals surface area contributed by atoms with Gasteiger partial charge in [0.25, 0.3) is 0 Å². The molecule has 3 heteroatoms. The van der Waals surface area contributed by atoms with Crippen molar-refractivity contribution >= 4 is 21.6 Å². The Kier molecular flexibility index (Phi) is 3.32. The number of para-hydroxylation sites is 1. The van der Waals surface area contributed by atoms with E-state index in [9.17, 15) is 0 Å². The second kappa shape index (κ2) is 4.54. The molecule has 0 bridgehead atoms. The zero-order chi connectivity index (χ0) is 10.8. The van der Waals surface area contributed by atoms with Crippen molar-refractivity contribution in [2.24, 2.45) is 11.7 Å². The van der Waals surface area contributed by atoms with Crippen molar-refractivity contribution in [1.29, 1.82) is 0 Å². The van der Waals surface area contributed by atoms with Crippen molar-refractivity contribution in [3.63, 3.8) is 0 Å². The fourth-order valence-corrected chi connectivity index (χ4v) is 2.63. The van der Waals surface area contributed by atoms with Crippen LogP contribution in [0.15, 0.2) is 28.7 Å². The van der Waals surface area contributed by atoms with Gasteiger partial charge in [-0.15, -0.1) is 0 Å². The Hall–Kier alpha value is -0.540. The molecule has 2 rings (SSSR count). The van der Waals surface area contributed by atoms with E-state index in [2.05, 4.69) is 46.0 Å². The van der Waals surface area contributed by atoms with Gasteiger partial charge in [-0.25, -0.2) is 0 Å². The van der Waals surface area contributed by atoms with Crippen molar-refractivity contribution < 1.29 is 0 Å². The van der Waals surface area contributed by atoms with Crippen molar-refractivity contribution in [2.45, 2.75) is 19.4 Å². The third kappa shape index (κ3) is 2.34. The molecule has 0 saturated carbocycles. The summed E-state index contributed by atoms with van der Waals surface area (Å²) >= 11 is 3.59. The summed E-state index contributed by atoms with van der Waals surface area (Å²) in [5.74, 6) is 0.575. The van der Waals surface area contributed by atoms with Crippen LogP contribution >= 0.6 is 15.9 Å². The van der Waals surface area contributed by atoms with Crippen LogP contribution in [0.2, 0.25) is 0 Å². The van der Waals surface area contributed by atoms with E-state index in [0.717, 1.165) is 19.5 Å². The molecule has 0 spiro atoms. The first-order chi connectivity index (χ1) is 7.18. The first kappa shape index (κ1) is 11.0. The Balaban J connectivity index is 2.15. The Bertz CT molecular complexity index is 340. The zero-order valence-corrected chi connectivity index (χ0v) is 10.6. The molecule has 2 N–H and O–H groups in total. The van der Waals surface area contributed by atoms with Crippen LogP contribution in [0.5, 0.6) is 0 Å². The smallest absolute Gasteiger partial charge is 0.0510 e. The standard InChI is InChI=1S/C12H17BrN2/c1-9-8-15(7-6-11(9)14)12-5-3-2-4-10(12)13/h2-5,9,11H,6-8,14H2,1H3. The van der Waals surface area contributed by atoms with Crippen LogP contribution < -0.4 is 10.6 Å². The van der Waals surface area contributed by atoms with Crippen LogP contribution in [0.4, 0.5) is 5.69 Å². The van der Waals surface area contributed by atoms with Gasteiger partial charge in [0.1, 0.15) is 0 Å². The summed E-state index contributed by atoms with van der Waals surface area (Å²) in [6.07, 6.45) is 1.09. The molecule has 15 heavy (non-hydrogen) atoms. The number of hydrogen-bond donors (Lipinski definition) is 1. The lowest BCUT2D eigenvalue weighted by molar-refractivity contribution is 0.382. The highest BCUT2D eigenvalue weighted by Gasteiger charge is 2.23. The molecule has 0 radical (unpaired) electrons. The van der Waals surface area contributed by atoms with E-state index in [1.54, 1.807) is 0 Å². The lowest BCUT2D eigenvalue weighted by Crippen LogP contribution is -2.46. The van der Waals surface area contributed by atoms with Gasteiger partial charge >= 0.3 is 0 Å². The van der Waals surface area contributed by atoms with Crippen LogP contribution in [0.1, 0.15) is 13.3 Å². The summed E-state index contributed by atoms with van der Waals surface area (Å²) < 4.78 is 1.17. The molecule has 1 aromatic rings. The van der Waals surface area contributed by atoms with Crippen LogP contribution in [-0.2, 0) is 0 Å². The number of nitrogens with two attached hydrogens (primary N) is 1. The molecule has 1 aliphatic heterocycles. The molecule has 0 aliphatic carbocycles. The summed E-state index contributed by atoms with van der Waals surface area (Å²) in [6.45, 7) is 4.35. The largest absolute Gasteiger partial charge is 0.370 e. The van der Waals surface area contributed by atoms with Gasteiger partial charge in [0.15, 0.2) is 0 Å². The summed E-state index contributed by atoms with van der Waals surface area (Å²) in [5.41, 5.74) is 7.31. The van der Waals surface area contributed by atoms with Gasteiger partial charge in [-0.05, 0) is 40.4 Å². The van der Waals surface area contributed by atoms with Gasteiger partial charge in [0.2, 0.25) is 0 Å². The number of nitrogens with zero attached hydrogens (tertiary/aromatic N) is 1. The fourth-order valence-electron chi connectivity index (χ4n) is 2.09. The van der Waals surface area contributed by atoms with Crippen molar-refractivity contribution in [1.82, 2.24) is 0 Å². The summed E-state index contributed by atoms with van der Waals surface area (Å²) in [5, 5.41) is 0. The summed E-state index contributed by atoms with van der Waals surface area (Å²) in [4.78, 5) is 2.41. The molecule has 2 nitrogen and oxygen atoms in total. The predicted molar refractivity (Wildman–Crippen MR) is 68.1 cm³/mol. The maximum Gasteiger partial charge on any atom is 0.0510 e. The Morgan fingerprint density at radius 2 is 2.13 bits per heavy atom. The molecule has 2 unspecified atom stereocenters. The highest BCUT2D eigenvalue weighted by Crippen LogP contribution is 2.29. The third-order valence-electron chi connectivity index (χ3n) is 3.16. The van der Waals surface area contributed by atoms with E-state index in [-0.39, 0.29) is 0 Å². The average Bonchev–Trinajstić information content (AvgIpc) is 2.23. The Morgan fingerprint density at radius 1 is 1.40 bits per heavy atom. The Morgan fingerprint density at radius 3 is 2.80 bits per heavy atom. The van der Waals surface area contributed by atoms with Crippen molar-refractivity contribution in [3.05, 3.63) is 28.7 Å². The number of halogens is 1. The normalized spacial score (nSPS) is 26.7. The summed E-state index contributed by atoms with van der Waals surface area (Å²) in [6, 6.07) is 8.75. The molecule has 1 heterocycles. The highest BCUT2D eigenvalue weighted by molar-refractivity contribution is 9.10. The molecular formula is C12H17BrN2. The van der Waals surface area contributed by atoms with Crippen LogP contribution in [0.3, 0.4) is 0 Å². The molecule has 82 valence electrons. The lowest BCUT2D eigenvalue weighted by Gasteiger charge is -2.37. The predicted octanol–water partition coefficient (Wildman–Crippen LogP) is 2.62. The summed E-state index contributed by atoms with van der Waals surface area (Å²) in [7, 11) is 0. The molecule has 2 atom stereocenters. The van der Waals surface area contributed by atoms with E-state index >= 15 is 0 Å². The SMILES string of the molecule is CC1CN(c2ccccc2Br)CCC1N. The van der Waals surface area contributed by atoms with E-state index < -0.39 is 0 Å². The minimum Gasteiger partial charge on any atom is -0.370 e. The van der Waals surface area contributed by atoms with Gasteiger partial charge in [-0.1, -0.05) is 19.1 Å². The lowest BCUT2D eigenvalue weighted by atomic mass is 9.94. The second-order valence-corrected chi connectivity index (χ2v) is 5.18. The minimum absolute atomic E-state index is 0.365. The molecule has 1 fully saturated rings. The second-order valence-electron chi connectivity index (χ2n) is 4.33. The molecule has 0 amide bonds. The van der Waals surface area contributed by atoms with Gasteiger partial charge in [0.05, 0.1) is 5.69 Å². The molecule has 1 aromatic carbocycles. The first-order valence-corrected chi connectivity index (χ1v) is 6.23. The highest BCUT2D eigenvalue weighted by atomic mass is 79.9. The topological polar surface area (TPSA) is 29.3 Å². The number of anilines is 1. The maximum absolute atomic E-state index is 6.02. The van der Waals surface area contributed by atoms with Gasteiger partial charge in [0, 0.05) is 23.6 Å². The molecule has 1 aliphatic rings. The van der Waals surface area contributed by atoms with E-state index in [0.29, 0.717) is 12.0 Å². The molecular weight excluding hydrogens is 252 g/mol. The number of piperidine rings is 1. The van der Waals surface area contributed by atoms with Gasteiger partial charge in [-0.2, -0.15) is 0 Å². The van der Waals surface area contributed by atoms with Gasteiger partial charge in [-0.3, -0.25) is 0 Å². The first-order valence-electron chi connectivity index (χ1n) is 5.43. The fraction of sp³-hybridized carbons (Fsp3) is 0.500. The van der Waals surface area contributed by atoms with E-state index in [4.69, 9.17) is 5.73 Å². The quantitative estimate of drug-likeness (QED) is 0.849. The minimum atomic E-state index is 0.365. The monoisotopic (exact) mass is 268 g/mol. The van der Waals surface area contributed by atoms with Crippen molar-refractivity contribution in [2.75, 3.05) is 18.0 Å². The number of benzene rings is 1. The number of rotatable bonds is 1. The third-order valence-corrected chi connectivity index (χ3v) is 3.84. The maximum atomic E-state index is 6.02. The van der Waals surface area contributed by atoms with Crippen LogP contribution in [-0.4, -0.2) is 19.1 Å². The Labute approximate surface area is 99.6 Å². The van der Waals surface area contributed by atoms with E-state index in [1.807, 2.05) is 6.07 Å². The average molecular weight is 269 g/mol. The van der Waals surface area contributed by atoms with Gasteiger partial charge < -0.3 is 10.6 Å². The number of hydrogen-bond acceptors (Lipinski definition) is 2. The van der Waals surface area contributed by atoms with Crippen molar-refractivity contribution in [3.8, 4) is 0 Å².